The van der Waals surface area contributed by atoms with Crippen LogP contribution >= 0.6 is 0 Å². The molecule has 1 aromatic carbocycles. The van der Waals surface area contributed by atoms with Gasteiger partial charge in [-0.1, -0.05) is 18.2 Å². The minimum atomic E-state index is -0.0435. The lowest BCUT2D eigenvalue weighted by Crippen LogP contribution is -2.49. The fourth-order valence-electron chi connectivity index (χ4n) is 2.99. The van der Waals surface area contributed by atoms with Gasteiger partial charge in [-0.2, -0.15) is 0 Å². The Kier molecular flexibility index (Phi) is 6.01. The predicted octanol–water partition coefficient (Wildman–Crippen LogP) is 1.81. The molecule has 0 aliphatic carbocycles. The fourth-order valence-corrected chi connectivity index (χ4v) is 2.99. The van der Waals surface area contributed by atoms with Crippen molar-refractivity contribution in [3.05, 3.63) is 47.8 Å². The smallest absolute Gasteiger partial charge is 0.272 e. The number of para-hydroxylation sites is 1. The first-order valence-electron chi connectivity index (χ1n) is 8.85. The van der Waals surface area contributed by atoms with Crippen LogP contribution in [-0.4, -0.2) is 67.2 Å². The molecular weight excluding hydrogens is 330 g/mol. The molecule has 1 aromatic heterocycles. The number of benzene rings is 1. The molecule has 0 saturated carbocycles. The molecule has 2 heterocycles. The highest BCUT2D eigenvalue weighted by molar-refractivity contribution is 5.92. The van der Waals surface area contributed by atoms with Crippen LogP contribution in [0.3, 0.4) is 0 Å². The lowest BCUT2D eigenvalue weighted by Gasteiger charge is -2.36. The maximum Gasteiger partial charge on any atom is 0.272 e. The summed E-state index contributed by atoms with van der Waals surface area (Å²) in [7, 11) is 1.64. The van der Waals surface area contributed by atoms with E-state index in [1.54, 1.807) is 13.2 Å². The van der Waals surface area contributed by atoms with Crippen LogP contribution in [0.4, 0.5) is 11.6 Å². The van der Waals surface area contributed by atoms with Crippen molar-refractivity contribution in [1.82, 2.24) is 14.9 Å². The minimum Gasteiger partial charge on any atom is -0.383 e. The molecule has 0 spiro atoms. The Morgan fingerprint density at radius 2 is 1.88 bits per heavy atom. The number of nitrogens with one attached hydrogen (secondary N) is 1. The average Bonchev–Trinajstić information content (AvgIpc) is 2.68. The molecule has 0 radical (unpaired) electrons. The van der Waals surface area contributed by atoms with E-state index in [2.05, 4.69) is 32.3 Å². The van der Waals surface area contributed by atoms with E-state index in [0.29, 0.717) is 37.9 Å². The molecule has 0 atom stereocenters. The number of ether oxygens (including phenoxy) is 1. The maximum atomic E-state index is 12.8. The van der Waals surface area contributed by atoms with Gasteiger partial charge in [-0.3, -0.25) is 4.79 Å². The highest BCUT2D eigenvalue weighted by Crippen LogP contribution is 2.17. The summed E-state index contributed by atoms with van der Waals surface area (Å²) in [5.74, 6) is 0.423. The zero-order chi connectivity index (χ0) is 18.4. The zero-order valence-corrected chi connectivity index (χ0v) is 15.3. The Labute approximate surface area is 154 Å². The number of aryl methyl sites for hydroxylation is 1. The van der Waals surface area contributed by atoms with Crippen molar-refractivity contribution >= 4 is 17.5 Å². The minimum absolute atomic E-state index is 0.0435. The molecule has 138 valence electrons. The van der Waals surface area contributed by atoms with Crippen LogP contribution in [0.1, 0.15) is 16.2 Å². The summed E-state index contributed by atoms with van der Waals surface area (Å²) in [6, 6.07) is 12.0. The number of methoxy groups -OCH3 is 1. The van der Waals surface area contributed by atoms with Crippen LogP contribution in [0.2, 0.25) is 0 Å². The van der Waals surface area contributed by atoms with Gasteiger partial charge >= 0.3 is 0 Å². The van der Waals surface area contributed by atoms with Gasteiger partial charge in [0.1, 0.15) is 5.69 Å². The molecule has 7 heteroatoms. The van der Waals surface area contributed by atoms with Crippen molar-refractivity contribution in [3.63, 3.8) is 0 Å². The first kappa shape index (κ1) is 18.1. The van der Waals surface area contributed by atoms with Crippen molar-refractivity contribution in [2.75, 3.05) is 56.7 Å². The van der Waals surface area contributed by atoms with Gasteiger partial charge in [-0.25, -0.2) is 9.97 Å². The third-order valence-electron chi connectivity index (χ3n) is 4.35. The number of anilines is 2. The molecule has 1 N–H and O–H groups in total. The first-order valence-corrected chi connectivity index (χ1v) is 8.85. The van der Waals surface area contributed by atoms with E-state index >= 15 is 0 Å². The lowest BCUT2D eigenvalue weighted by atomic mass is 10.2. The van der Waals surface area contributed by atoms with Crippen molar-refractivity contribution in [1.29, 1.82) is 0 Å². The summed E-state index contributed by atoms with van der Waals surface area (Å²) in [5, 5.41) is 3.09. The van der Waals surface area contributed by atoms with Crippen LogP contribution in [0.25, 0.3) is 0 Å². The van der Waals surface area contributed by atoms with E-state index in [-0.39, 0.29) is 5.91 Å². The second-order valence-electron chi connectivity index (χ2n) is 6.25. The number of rotatable bonds is 6. The fraction of sp³-hybridized carbons (Fsp3) is 0.421. The molecule has 7 nitrogen and oxygen atoms in total. The third-order valence-corrected chi connectivity index (χ3v) is 4.35. The summed E-state index contributed by atoms with van der Waals surface area (Å²) in [4.78, 5) is 25.7. The molecule has 1 aliphatic heterocycles. The number of aromatic nitrogens is 2. The Balaban J connectivity index is 1.63. The van der Waals surface area contributed by atoms with E-state index in [1.807, 2.05) is 30.0 Å². The Hall–Kier alpha value is -2.67. The van der Waals surface area contributed by atoms with Crippen LogP contribution in [0, 0.1) is 6.92 Å². The second kappa shape index (κ2) is 8.62. The van der Waals surface area contributed by atoms with Crippen molar-refractivity contribution < 1.29 is 9.53 Å². The summed E-state index contributed by atoms with van der Waals surface area (Å²) >= 11 is 0. The lowest BCUT2D eigenvalue weighted by molar-refractivity contribution is 0.0740. The van der Waals surface area contributed by atoms with E-state index < -0.39 is 0 Å². The summed E-state index contributed by atoms with van der Waals surface area (Å²) in [5.41, 5.74) is 2.40. The number of carbonyl (C=O) groups is 1. The highest BCUT2D eigenvalue weighted by atomic mass is 16.5. The summed E-state index contributed by atoms with van der Waals surface area (Å²) in [6.45, 7) is 6.03. The van der Waals surface area contributed by atoms with Gasteiger partial charge in [-0.15, -0.1) is 0 Å². The van der Waals surface area contributed by atoms with Gasteiger partial charge < -0.3 is 19.9 Å². The van der Waals surface area contributed by atoms with E-state index in [4.69, 9.17) is 4.74 Å². The van der Waals surface area contributed by atoms with E-state index in [1.165, 1.54) is 5.69 Å². The summed E-state index contributed by atoms with van der Waals surface area (Å²) < 4.78 is 5.02. The Bertz CT molecular complexity index is 730. The topological polar surface area (TPSA) is 70.6 Å². The van der Waals surface area contributed by atoms with E-state index in [0.717, 1.165) is 18.8 Å². The molecule has 1 amide bonds. The predicted molar refractivity (Wildman–Crippen MR) is 102 cm³/mol. The molecular formula is C19H25N5O2. The van der Waals surface area contributed by atoms with Gasteiger partial charge in [0.2, 0.25) is 5.95 Å². The second-order valence-corrected chi connectivity index (χ2v) is 6.25. The van der Waals surface area contributed by atoms with Crippen molar-refractivity contribution in [2.45, 2.75) is 6.92 Å². The van der Waals surface area contributed by atoms with Crippen molar-refractivity contribution in [2.24, 2.45) is 0 Å². The first-order chi connectivity index (χ1) is 12.7. The SMILES string of the molecule is COCCNc1nc(C)cc(C(=O)N2CCN(c3ccccc3)CC2)n1. The maximum absolute atomic E-state index is 12.8. The molecule has 26 heavy (non-hydrogen) atoms. The Morgan fingerprint density at radius 1 is 1.15 bits per heavy atom. The van der Waals surface area contributed by atoms with Crippen LogP contribution in [0.15, 0.2) is 36.4 Å². The largest absolute Gasteiger partial charge is 0.383 e. The van der Waals surface area contributed by atoms with Gasteiger partial charge in [0, 0.05) is 51.2 Å². The molecule has 1 aliphatic rings. The monoisotopic (exact) mass is 355 g/mol. The number of nitrogens with zero attached hydrogens (tertiary/aromatic N) is 4. The number of piperazine rings is 1. The van der Waals surface area contributed by atoms with Crippen LogP contribution in [-0.2, 0) is 4.74 Å². The van der Waals surface area contributed by atoms with Gasteiger partial charge in [0.05, 0.1) is 6.61 Å². The molecule has 2 aromatic rings. The molecule has 0 unspecified atom stereocenters. The molecule has 3 rings (SSSR count). The Morgan fingerprint density at radius 3 is 2.58 bits per heavy atom. The average molecular weight is 355 g/mol. The quantitative estimate of drug-likeness (QED) is 0.797. The van der Waals surface area contributed by atoms with Gasteiger partial charge in [-0.05, 0) is 25.1 Å². The standard InChI is InChI=1S/C19H25N5O2/c1-15-14-17(22-19(21-15)20-8-13-26-2)18(25)24-11-9-23(10-12-24)16-6-4-3-5-7-16/h3-7,14H,8-13H2,1-2H3,(H,20,21,22). The van der Waals surface area contributed by atoms with E-state index in [9.17, 15) is 4.79 Å². The third kappa shape index (κ3) is 4.49. The molecule has 1 saturated heterocycles. The molecule has 0 bridgehead atoms. The normalized spacial score (nSPS) is 14.4. The highest BCUT2D eigenvalue weighted by Gasteiger charge is 2.23. The summed E-state index contributed by atoms with van der Waals surface area (Å²) in [6.07, 6.45) is 0. The number of hydrogen-bond donors (Lipinski definition) is 1. The van der Waals surface area contributed by atoms with Crippen LogP contribution in [0.5, 0.6) is 0 Å². The van der Waals surface area contributed by atoms with Gasteiger partial charge in [0.25, 0.3) is 5.91 Å². The number of amides is 1. The van der Waals surface area contributed by atoms with Crippen LogP contribution < -0.4 is 10.2 Å². The number of carbonyl (C=O) groups excluding carboxylic acids is 1. The number of hydrogen-bond acceptors (Lipinski definition) is 6. The van der Waals surface area contributed by atoms with Gasteiger partial charge in [0.15, 0.2) is 0 Å². The molecule has 1 fully saturated rings. The zero-order valence-electron chi connectivity index (χ0n) is 15.3. The van der Waals surface area contributed by atoms with Crippen molar-refractivity contribution in [3.8, 4) is 0 Å².